The standard InChI is InChI=1S/C87H65B2N5/c1-7-26-59(27-8-1)68-38-23-39-69(60-28-9-2-10-29-60)86(68)93-76-44-21-19-42-72(76)88-74-55-75-81(56-80(74)91(63-34-15-5-16-35-63)78-46-25-47-79(93)84(78)88)92(64-36-17-6-18-37-64)82-53-67(90-65-49-57-48-58(51-65)52-66(90)50-57)54-83-85(82)89(75)73-43-20-22-45-77(73)94(83)87-70(61-30-11-3-12-31-61)40-24-41-71(87)62-32-13-4-14-33-62/h1-47,53-58,65-66H,48-52H2. The molecule has 2 saturated carbocycles. The highest BCUT2D eigenvalue weighted by molar-refractivity contribution is 7.03. The first-order chi connectivity index (χ1) is 46.7. The monoisotopic (exact) mass is 1200 g/mol. The van der Waals surface area contributed by atoms with Gasteiger partial charge in [0.25, 0.3) is 13.4 Å². The molecule has 4 bridgehead atoms. The fourth-order valence-electron chi connectivity index (χ4n) is 18.6. The first kappa shape index (κ1) is 53.6. The smallest absolute Gasteiger partial charge is 0.252 e. The van der Waals surface area contributed by atoms with Gasteiger partial charge in [-0.15, -0.1) is 0 Å². The van der Waals surface area contributed by atoms with Crippen molar-refractivity contribution in [1.29, 1.82) is 0 Å². The Morgan fingerprint density at radius 2 is 0.564 bits per heavy atom. The third-order valence-corrected chi connectivity index (χ3v) is 22.0. The van der Waals surface area contributed by atoms with E-state index in [0.29, 0.717) is 12.1 Å². The number of anilines is 13. The van der Waals surface area contributed by atoms with Crippen molar-refractivity contribution in [3.8, 4) is 44.5 Å². The second-order valence-electron chi connectivity index (χ2n) is 27.1. The average molecular weight is 1200 g/mol. The molecule has 21 rings (SSSR count). The number of hydrogen-bond donors (Lipinski definition) is 0. The zero-order chi connectivity index (χ0) is 61.5. The summed E-state index contributed by atoms with van der Waals surface area (Å²) in [6.07, 6.45) is 6.49. The van der Waals surface area contributed by atoms with Crippen LogP contribution in [0.2, 0.25) is 0 Å². The maximum absolute atomic E-state index is 2.93. The van der Waals surface area contributed by atoms with Gasteiger partial charge in [0.05, 0.1) is 11.4 Å². The van der Waals surface area contributed by atoms with Crippen LogP contribution in [0.15, 0.2) is 309 Å². The molecule has 13 aromatic rings. The van der Waals surface area contributed by atoms with Crippen LogP contribution >= 0.6 is 0 Å². The van der Waals surface area contributed by atoms with Crippen molar-refractivity contribution < 1.29 is 0 Å². The molecule has 444 valence electrons. The number of nitrogens with zero attached hydrogens (tertiary/aromatic N) is 5. The van der Waals surface area contributed by atoms with Gasteiger partial charge in [-0.05, 0) is 166 Å². The van der Waals surface area contributed by atoms with Gasteiger partial charge in [0, 0.05) is 96.9 Å². The predicted molar refractivity (Wildman–Crippen MR) is 396 cm³/mol. The van der Waals surface area contributed by atoms with Crippen LogP contribution in [0.3, 0.4) is 0 Å². The lowest BCUT2D eigenvalue weighted by atomic mass is 9.30. The van der Waals surface area contributed by atoms with E-state index in [0.717, 1.165) is 23.2 Å². The summed E-state index contributed by atoms with van der Waals surface area (Å²) in [4.78, 5) is 13.5. The summed E-state index contributed by atoms with van der Waals surface area (Å²) in [7, 11) is 0. The van der Waals surface area contributed by atoms with Crippen LogP contribution < -0.4 is 57.3 Å². The molecular formula is C87H65B2N5. The molecule has 4 fully saturated rings. The molecule has 2 aliphatic carbocycles. The minimum atomic E-state index is -0.132. The van der Waals surface area contributed by atoms with Crippen LogP contribution in [0.25, 0.3) is 44.5 Å². The Bertz CT molecular complexity index is 5000. The van der Waals surface area contributed by atoms with Crippen molar-refractivity contribution >= 4 is 120 Å². The van der Waals surface area contributed by atoms with E-state index in [1.807, 2.05) is 0 Å². The van der Waals surface area contributed by atoms with Crippen molar-refractivity contribution in [2.45, 2.75) is 44.2 Å². The van der Waals surface area contributed by atoms with E-state index in [9.17, 15) is 0 Å². The minimum Gasteiger partial charge on any atom is -0.365 e. The topological polar surface area (TPSA) is 16.2 Å². The molecule has 0 spiro atoms. The third kappa shape index (κ3) is 8.10. The molecule has 8 aliphatic rings. The van der Waals surface area contributed by atoms with E-state index >= 15 is 0 Å². The van der Waals surface area contributed by atoms with E-state index in [-0.39, 0.29) is 13.4 Å². The van der Waals surface area contributed by atoms with Crippen molar-refractivity contribution in [3.63, 3.8) is 0 Å². The molecule has 6 heterocycles. The number of hydrogen-bond acceptors (Lipinski definition) is 5. The highest BCUT2D eigenvalue weighted by atomic mass is 15.2. The molecule has 6 aliphatic heterocycles. The number of para-hydroxylation sites is 6. The Labute approximate surface area is 551 Å². The number of piperidine rings is 2. The third-order valence-electron chi connectivity index (χ3n) is 22.0. The number of rotatable bonds is 9. The zero-order valence-corrected chi connectivity index (χ0v) is 52.2. The summed E-state index contributed by atoms with van der Waals surface area (Å²) in [5.74, 6) is 1.63. The molecular weight excluding hydrogens is 1140 g/mol. The fourth-order valence-corrected chi connectivity index (χ4v) is 18.6. The Morgan fingerprint density at radius 1 is 0.234 bits per heavy atom. The predicted octanol–water partition coefficient (Wildman–Crippen LogP) is 18.3. The van der Waals surface area contributed by atoms with E-state index in [1.54, 1.807) is 0 Å². The molecule has 7 heteroatoms. The average Bonchev–Trinajstić information content (AvgIpc) is 0.686. The zero-order valence-electron chi connectivity index (χ0n) is 52.2. The van der Waals surface area contributed by atoms with Crippen LogP contribution in [-0.4, -0.2) is 25.5 Å². The molecule has 0 amide bonds. The second-order valence-corrected chi connectivity index (χ2v) is 27.1. The molecule has 0 aromatic heterocycles. The minimum absolute atomic E-state index is 0.123. The van der Waals surface area contributed by atoms with Crippen molar-refractivity contribution in [3.05, 3.63) is 309 Å². The van der Waals surface area contributed by atoms with Gasteiger partial charge in [-0.2, -0.15) is 0 Å². The van der Waals surface area contributed by atoms with Crippen molar-refractivity contribution in [2.75, 3.05) is 24.5 Å². The molecule has 0 N–H and O–H groups in total. The van der Waals surface area contributed by atoms with E-state index in [1.165, 1.54) is 172 Å². The van der Waals surface area contributed by atoms with Crippen molar-refractivity contribution in [1.82, 2.24) is 0 Å². The molecule has 94 heavy (non-hydrogen) atoms. The second kappa shape index (κ2) is 21.3. The van der Waals surface area contributed by atoms with E-state index in [4.69, 9.17) is 0 Å². The van der Waals surface area contributed by atoms with Gasteiger partial charge in [0.2, 0.25) is 0 Å². The van der Waals surface area contributed by atoms with E-state index < -0.39 is 0 Å². The maximum atomic E-state index is 2.93. The highest BCUT2D eigenvalue weighted by Crippen LogP contribution is 2.56. The van der Waals surface area contributed by atoms with Gasteiger partial charge in [0.1, 0.15) is 0 Å². The van der Waals surface area contributed by atoms with Crippen LogP contribution in [0.4, 0.5) is 73.9 Å². The molecule has 13 aromatic carbocycles. The largest absolute Gasteiger partial charge is 0.365 e. The molecule has 0 atom stereocenters. The van der Waals surface area contributed by atoms with Gasteiger partial charge in [-0.3, -0.25) is 0 Å². The number of benzene rings is 13. The first-order valence-corrected chi connectivity index (χ1v) is 33.9. The summed E-state index contributed by atoms with van der Waals surface area (Å²) < 4.78 is 0. The first-order valence-electron chi connectivity index (χ1n) is 33.9. The van der Waals surface area contributed by atoms with Gasteiger partial charge < -0.3 is 24.5 Å². The summed E-state index contributed by atoms with van der Waals surface area (Å²) in [5, 5.41) is 0. The highest BCUT2D eigenvalue weighted by Gasteiger charge is 2.51. The normalized spacial score (nSPS) is 18.1. The lowest BCUT2D eigenvalue weighted by Crippen LogP contribution is -2.65. The Hall–Kier alpha value is -11.0. The molecule has 0 radical (unpaired) electrons. The van der Waals surface area contributed by atoms with Crippen LogP contribution in [0, 0.1) is 11.8 Å². The van der Waals surface area contributed by atoms with Crippen LogP contribution in [0.5, 0.6) is 0 Å². The lowest BCUT2D eigenvalue weighted by molar-refractivity contribution is 0.0900. The van der Waals surface area contributed by atoms with Gasteiger partial charge in [-0.1, -0.05) is 243 Å². The Kier molecular flexibility index (Phi) is 12.1. The number of fused-ring (bicyclic) bond motifs is 8. The molecule has 2 saturated heterocycles. The summed E-state index contributed by atoms with van der Waals surface area (Å²) in [6.45, 7) is -0.254. The van der Waals surface area contributed by atoms with Crippen LogP contribution in [-0.2, 0) is 0 Å². The summed E-state index contributed by atoms with van der Waals surface area (Å²) in [5.41, 5.74) is 33.0. The maximum Gasteiger partial charge on any atom is 0.252 e. The fraction of sp³-hybridized carbons (Fsp3) is 0.103. The Morgan fingerprint density at radius 3 is 1.00 bits per heavy atom. The lowest BCUT2D eigenvalue weighted by Gasteiger charge is -2.58. The van der Waals surface area contributed by atoms with Crippen LogP contribution in [0.1, 0.15) is 32.1 Å². The van der Waals surface area contributed by atoms with Crippen molar-refractivity contribution in [2.24, 2.45) is 11.8 Å². The van der Waals surface area contributed by atoms with Gasteiger partial charge >= 0.3 is 0 Å². The molecule has 5 nitrogen and oxygen atoms in total. The Balaban J connectivity index is 0.881. The quantitative estimate of drug-likeness (QED) is 0.134. The molecule has 0 unspecified atom stereocenters. The SMILES string of the molecule is c1ccc(-c2cccc(-c3ccccc3)c2N2c3ccccc3B3c4cc5c(cc4N(c4ccccc4)c4cccc2c43)N(c2ccccc2)c2cc(N3C4CC6CC(C4)CC3C6)cc3c2B5c2ccccc2N3c2c(-c3ccccc3)cccc2-c2ccccc2)cc1. The van der Waals surface area contributed by atoms with E-state index in [2.05, 4.69) is 334 Å². The summed E-state index contributed by atoms with van der Waals surface area (Å²) >= 11 is 0. The van der Waals surface area contributed by atoms with Gasteiger partial charge in [-0.25, -0.2) is 0 Å². The summed E-state index contributed by atoms with van der Waals surface area (Å²) in [6, 6.07) is 118. The van der Waals surface area contributed by atoms with Gasteiger partial charge in [0.15, 0.2) is 0 Å².